The third-order valence-electron chi connectivity index (χ3n) is 2.03. The van der Waals surface area contributed by atoms with Crippen LogP contribution in [0.1, 0.15) is 5.56 Å². The summed E-state index contributed by atoms with van der Waals surface area (Å²) in [4.78, 5) is 2.02. The smallest absolute Gasteiger partial charge is 0.138 e. The largest absolute Gasteiger partial charge is 0.495 e. The SMILES string of the molecule is COc1ccc(CN(C)CS)c(Cl)c1Cl. The third-order valence-corrected chi connectivity index (χ3v) is 3.41. The maximum absolute atomic E-state index is 6.11. The molecule has 0 bridgehead atoms. The van der Waals surface area contributed by atoms with Crippen LogP contribution in [0.3, 0.4) is 0 Å². The highest BCUT2D eigenvalue weighted by Gasteiger charge is 2.11. The van der Waals surface area contributed by atoms with Crippen LogP contribution in [0.2, 0.25) is 10.0 Å². The Hall–Kier alpha value is -0.0900. The molecule has 0 fully saturated rings. The molecule has 0 aliphatic rings. The minimum atomic E-state index is 0.462. The molecule has 1 rings (SSSR count). The van der Waals surface area contributed by atoms with Gasteiger partial charge in [0.2, 0.25) is 0 Å². The van der Waals surface area contributed by atoms with Crippen LogP contribution in [0.4, 0.5) is 0 Å². The Balaban J connectivity index is 2.96. The number of halogens is 2. The first-order chi connectivity index (χ1) is 7.10. The van der Waals surface area contributed by atoms with E-state index in [1.54, 1.807) is 7.11 Å². The maximum atomic E-state index is 6.11. The van der Waals surface area contributed by atoms with Crippen molar-refractivity contribution in [3.05, 3.63) is 27.7 Å². The van der Waals surface area contributed by atoms with E-state index in [4.69, 9.17) is 27.9 Å². The first-order valence-electron chi connectivity index (χ1n) is 4.40. The Labute approximate surface area is 106 Å². The van der Waals surface area contributed by atoms with Crippen LogP contribution in [0.25, 0.3) is 0 Å². The lowest BCUT2D eigenvalue weighted by Crippen LogP contribution is -2.15. The molecule has 0 unspecified atom stereocenters. The van der Waals surface area contributed by atoms with Crippen molar-refractivity contribution in [2.24, 2.45) is 0 Å². The quantitative estimate of drug-likeness (QED) is 0.663. The van der Waals surface area contributed by atoms with Gasteiger partial charge < -0.3 is 4.74 Å². The Morgan fingerprint density at radius 2 is 2.00 bits per heavy atom. The lowest BCUT2D eigenvalue weighted by molar-refractivity contribution is 0.386. The molecular formula is C10H13Cl2NOS. The number of hydrogen-bond donors (Lipinski definition) is 1. The number of ether oxygens (including phenoxy) is 1. The molecule has 0 aliphatic carbocycles. The molecule has 5 heteroatoms. The molecule has 84 valence electrons. The molecule has 1 aromatic carbocycles. The molecule has 0 aromatic heterocycles. The van der Waals surface area contributed by atoms with Gasteiger partial charge in [-0.2, -0.15) is 12.6 Å². The predicted octanol–water partition coefficient (Wildman–Crippen LogP) is 3.32. The van der Waals surface area contributed by atoms with Gasteiger partial charge in [0.1, 0.15) is 10.8 Å². The molecule has 0 saturated heterocycles. The van der Waals surface area contributed by atoms with Gasteiger partial charge in [-0.05, 0) is 18.7 Å². The molecule has 0 atom stereocenters. The van der Waals surface area contributed by atoms with Gasteiger partial charge in [0.05, 0.1) is 12.1 Å². The Kier molecular flexibility index (Phi) is 5.06. The van der Waals surface area contributed by atoms with Crippen molar-refractivity contribution >= 4 is 35.8 Å². The lowest BCUT2D eigenvalue weighted by Gasteiger charge is -2.15. The molecule has 0 heterocycles. The summed E-state index contributed by atoms with van der Waals surface area (Å²) in [6, 6.07) is 3.73. The van der Waals surface area contributed by atoms with Gasteiger partial charge >= 0.3 is 0 Å². The van der Waals surface area contributed by atoms with Gasteiger partial charge in [0.15, 0.2) is 0 Å². The van der Waals surface area contributed by atoms with Gasteiger partial charge in [0.25, 0.3) is 0 Å². The zero-order chi connectivity index (χ0) is 11.4. The van der Waals surface area contributed by atoms with Crippen LogP contribution >= 0.6 is 35.8 Å². The molecule has 1 aromatic rings. The highest BCUT2D eigenvalue weighted by molar-refractivity contribution is 7.80. The van der Waals surface area contributed by atoms with Gasteiger partial charge in [-0.25, -0.2) is 0 Å². The predicted molar refractivity (Wildman–Crippen MR) is 68.3 cm³/mol. The molecule has 0 spiro atoms. The van der Waals surface area contributed by atoms with E-state index in [9.17, 15) is 0 Å². The zero-order valence-electron chi connectivity index (χ0n) is 8.63. The van der Waals surface area contributed by atoms with E-state index in [-0.39, 0.29) is 0 Å². The molecule has 0 aliphatic heterocycles. The topological polar surface area (TPSA) is 12.5 Å². The average molecular weight is 266 g/mol. The lowest BCUT2D eigenvalue weighted by atomic mass is 10.2. The number of nitrogens with zero attached hydrogens (tertiary/aromatic N) is 1. The van der Waals surface area contributed by atoms with Gasteiger partial charge in [-0.1, -0.05) is 29.3 Å². The Morgan fingerprint density at radius 1 is 1.33 bits per heavy atom. The summed E-state index contributed by atoms with van der Waals surface area (Å²) in [6.45, 7) is 0.714. The summed E-state index contributed by atoms with van der Waals surface area (Å²) in [5.41, 5.74) is 0.971. The fraction of sp³-hybridized carbons (Fsp3) is 0.400. The van der Waals surface area contributed by atoms with Crippen LogP contribution in [0.15, 0.2) is 12.1 Å². The summed E-state index contributed by atoms with van der Waals surface area (Å²) in [6.07, 6.45) is 0. The van der Waals surface area contributed by atoms with E-state index in [2.05, 4.69) is 12.6 Å². The van der Waals surface area contributed by atoms with Gasteiger partial charge in [0, 0.05) is 12.4 Å². The second-order valence-electron chi connectivity index (χ2n) is 3.21. The monoisotopic (exact) mass is 265 g/mol. The molecule has 0 radical (unpaired) electrons. The van der Waals surface area contributed by atoms with Crippen molar-refractivity contribution in [2.45, 2.75) is 6.54 Å². The fourth-order valence-corrected chi connectivity index (χ4v) is 1.77. The summed E-state index contributed by atoms with van der Waals surface area (Å²) < 4.78 is 5.07. The first-order valence-corrected chi connectivity index (χ1v) is 5.79. The van der Waals surface area contributed by atoms with E-state index in [0.717, 1.165) is 5.56 Å². The van der Waals surface area contributed by atoms with Crippen molar-refractivity contribution < 1.29 is 4.74 Å². The van der Waals surface area contributed by atoms with Crippen LogP contribution in [0, 0.1) is 0 Å². The third kappa shape index (κ3) is 3.18. The van der Waals surface area contributed by atoms with Gasteiger partial charge in [-0.3, -0.25) is 4.90 Å². The van der Waals surface area contributed by atoms with Crippen molar-refractivity contribution in [1.82, 2.24) is 4.90 Å². The van der Waals surface area contributed by atoms with Crippen LogP contribution in [-0.2, 0) is 6.54 Å². The second-order valence-corrected chi connectivity index (χ2v) is 4.25. The highest BCUT2D eigenvalue weighted by atomic mass is 35.5. The summed E-state index contributed by atoms with van der Waals surface area (Å²) in [5, 5.41) is 1.01. The molecule has 0 saturated carbocycles. The number of benzene rings is 1. The first kappa shape index (κ1) is 13.0. The van der Waals surface area contributed by atoms with Crippen LogP contribution in [0.5, 0.6) is 5.75 Å². The van der Waals surface area contributed by atoms with Gasteiger partial charge in [-0.15, -0.1) is 0 Å². The Morgan fingerprint density at radius 3 is 2.53 bits per heavy atom. The van der Waals surface area contributed by atoms with Crippen molar-refractivity contribution in [2.75, 3.05) is 20.0 Å². The number of methoxy groups -OCH3 is 1. The van der Waals surface area contributed by atoms with E-state index in [1.807, 2.05) is 24.1 Å². The van der Waals surface area contributed by atoms with E-state index in [1.165, 1.54) is 0 Å². The zero-order valence-corrected chi connectivity index (χ0v) is 11.0. The Bertz CT molecular complexity index is 346. The molecule has 15 heavy (non-hydrogen) atoms. The normalized spacial score (nSPS) is 10.8. The molecule has 2 nitrogen and oxygen atoms in total. The molecule has 0 amide bonds. The van der Waals surface area contributed by atoms with Crippen molar-refractivity contribution in [3.63, 3.8) is 0 Å². The summed E-state index contributed by atoms with van der Waals surface area (Å²) in [7, 11) is 3.53. The molecular weight excluding hydrogens is 253 g/mol. The van der Waals surface area contributed by atoms with Crippen LogP contribution < -0.4 is 4.74 Å². The highest BCUT2D eigenvalue weighted by Crippen LogP contribution is 2.34. The maximum Gasteiger partial charge on any atom is 0.138 e. The minimum absolute atomic E-state index is 0.462. The minimum Gasteiger partial charge on any atom is -0.495 e. The number of hydrogen-bond acceptors (Lipinski definition) is 3. The van der Waals surface area contributed by atoms with Crippen molar-refractivity contribution in [1.29, 1.82) is 0 Å². The van der Waals surface area contributed by atoms with Crippen molar-refractivity contribution in [3.8, 4) is 5.75 Å². The van der Waals surface area contributed by atoms with E-state index in [0.29, 0.717) is 28.2 Å². The summed E-state index contributed by atoms with van der Waals surface area (Å²) in [5.74, 6) is 1.26. The summed E-state index contributed by atoms with van der Waals surface area (Å²) >= 11 is 16.3. The average Bonchev–Trinajstić information content (AvgIpc) is 2.25. The van der Waals surface area contributed by atoms with E-state index >= 15 is 0 Å². The number of rotatable bonds is 4. The molecule has 0 N–H and O–H groups in total. The standard InChI is InChI=1S/C10H13Cl2NOS/c1-13(6-15)5-7-3-4-8(14-2)10(12)9(7)11/h3-4,15H,5-6H2,1-2H3. The fourth-order valence-electron chi connectivity index (χ4n) is 1.19. The van der Waals surface area contributed by atoms with Crippen LogP contribution in [-0.4, -0.2) is 24.9 Å². The number of thiol groups is 1. The van der Waals surface area contributed by atoms with E-state index < -0.39 is 0 Å². The second kappa shape index (κ2) is 5.85.